The summed E-state index contributed by atoms with van der Waals surface area (Å²) in [6, 6.07) is 0.764. The summed E-state index contributed by atoms with van der Waals surface area (Å²) < 4.78 is 0. The number of hydrogen-bond donors (Lipinski definition) is 1. The SMILES string of the molecule is BC(C)C1NC1(C)CC(CC)CCC(CC)CC. The van der Waals surface area contributed by atoms with E-state index in [0.29, 0.717) is 5.54 Å². The summed E-state index contributed by atoms with van der Waals surface area (Å²) in [6.45, 7) is 11.8. The number of hydrogen-bond acceptors (Lipinski definition) is 1. The Morgan fingerprint density at radius 2 is 1.56 bits per heavy atom. The molecule has 0 amide bonds. The van der Waals surface area contributed by atoms with E-state index in [1.54, 1.807) is 0 Å². The zero-order valence-electron chi connectivity index (χ0n) is 13.6. The Morgan fingerprint density at radius 1 is 1.06 bits per heavy atom. The molecule has 0 aromatic heterocycles. The van der Waals surface area contributed by atoms with Crippen molar-refractivity contribution in [2.45, 2.75) is 90.5 Å². The smallest absolute Gasteiger partial charge is 0.107 e. The zero-order valence-corrected chi connectivity index (χ0v) is 13.6. The van der Waals surface area contributed by atoms with Crippen LogP contribution in [0.5, 0.6) is 0 Å². The topological polar surface area (TPSA) is 21.9 Å². The van der Waals surface area contributed by atoms with Gasteiger partial charge >= 0.3 is 0 Å². The van der Waals surface area contributed by atoms with Crippen LogP contribution in [-0.4, -0.2) is 19.4 Å². The van der Waals surface area contributed by atoms with E-state index in [0.717, 1.165) is 23.7 Å². The largest absolute Gasteiger partial charge is 0.306 e. The summed E-state index contributed by atoms with van der Waals surface area (Å²) in [5.74, 6) is 2.67. The van der Waals surface area contributed by atoms with Crippen LogP contribution in [0.1, 0.15) is 73.1 Å². The Morgan fingerprint density at radius 3 is 1.94 bits per heavy atom. The highest BCUT2D eigenvalue weighted by molar-refractivity contribution is 6.12. The maximum atomic E-state index is 3.72. The molecular formula is C16H34BN. The molecule has 1 saturated heterocycles. The Bertz CT molecular complexity index is 237. The van der Waals surface area contributed by atoms with Gasteiger partial charge in [-0.15, -0.1) is 0 Å². The Balaban J connectivity index is 2.34. The molecule has 18 heavy (non-hydrogen) atoms. The first-order valence-electron chi connectivity index (χ1n) is 8.24. The van der Waals surface area contributed by atoms with E-state index in [9.17, 15) is 0 Å². The minimum atomic E-state index is 0.447. The van der Waals surface area contributed by atoms with Gasteiger partial charge in [-0.1, -0.05) is 65.6 Å². The van der Waals surface area contributed by atoms with Gasteiger partial charge < -0.3 is 5.32 Å². The number of rotatable bonds is 9. The van der Waals surface area contributed by atoms with Crippen molar-refractivity contribution in [2.24, 2.45) is 11.8 Å². The Kier molecular flexibility index (Phi) is 6.24. The standard InChI is InChI=1S/C16H34BN/c1-6-13(7-2)9-10-14(8-3)11-16(5)15(18-16)12(4)17/h12-15,18H,6-11,17H2,1-5H3. The van der Waals surface area contributed by atoms with E-state index in [-0.39, 0.29) is 0 Å². The van der Waals surface area contributed by atoms with E-state index in [1.807, 2.05) is 0 Å². The van der Waals surface area contributed by atoms with Gasteiger partial charge in [0.15, 0.2) is 0 Å². The molecule has 1 heterocycles. The lowest BCUT2D eigenvalue weighted by Crippen LogP contribution is -2.19. The summed E-state index contributed by atoms with van der Waals surface area (Å²) in [4.78, 5) is 0. The second-order valence-corrected chi connectivity index (χ2v) is 7.02. The van der Waals surface area contributed by atoms with Gasteiger partial charge in [-0.2, -0.15) is 0 Å². The van der Waals surface area contributed by atoms with Gasteiger partial charge in [-0.25, -0.2) is 0 Å². The summed E-state index contributed by atoms with van der Waals surface area (Å²) in [6.07, 6.45) is 8.32. The van der Waals surface area contributed by atoms with Crippen molar-refractivity contribution in [3.63, 3.8) is 0 Å². The molecular weight excluding hydrogens is 217 g/mol. The Hall–Kier alpha value is 0.0249. The molecule has 1 rings (SSSR count). The molecule has 1 aliphatic rings. The molecule has 1 fully saturated rings. The van der Waals surface area contributed by atoms with Crippen molar-refractivity contribution in [1.29, 1.82) is 0 Å². The van der Waals surface area contributed by atoms with E-state index < -0.39 is 0 Å². The highest BCUT2D eigenvalue weighted by Gasteiger charge is 2.50. The van der Waals surface area contributed by atoms with Crippen LogP contribution in [0.3, 0.4) is 0 Å². The van der Waals surface area contributed by atoms with E-state index in [1.165, 1.54) is 38.5 Å². The first kappa shape index (κ1) is 16.1. The molecule has 0 radical (unpaired) electrons. The third-order valence-electron chi connectivity index (χ3n) is 5.18. The van der Waals surface area contributed by atoms with Gasteiger partial charge in [0.1, 0.15) is 7.85 Å². The molecule has 2 heteroatoms. The summed E-state index contributed by atoms with van der Waals surface area (Å²) in [5, 5.41) is 3.72. The van der Waals surface area contributed by atoms with E-state index in [4.69, 9.17) is 0 Å². The molecule has 0 aromatic rings. The van der Waals surface area contributed by atoms with Crippen LogP contribution in [-0.2, 0) is 0 Å². The second kappa shape index (κ2) is 6.98. The average Bonchev–Trinajstić information content (AvgIpc) is 3.01. The predicted molar refractivity (Wildman–Crippen MR) is 85.0 cm³/mol. The first-order valence-corrected chi connectivity index (χ1v) is 8.24. The molecule has 0 aromatic carbocycles. The summed E-state index contributed by atoms with van der Waals surface area (Å²) >= 11 is 0. The normalized spacial score (nSPS) is 30.4. The molecule has 0 aliphatic carbocycles. The van der Waals surface area contributed by atoms with Gasteiger partial charge in [0.25, 0.3) is 0 Å². The molecule has 4 unspecified atom stereocenters. The van der Waals surface area contributed by atoms with Crippen molar-refractivity contribution in [3.8, 4) is 0 Å². The maximum absolute atomic E-state index is 3.72. The average molecular weight is 251 g/mol. The van der Waals surface area contributed by atoms with Crippen molar-refractivity contribution in [1.82, 2.24) is 5.32 Å². The first-order chi connectivity index (χ1) is 8.46. The fourth-order valence-corrected chi connectivity index (χ4v) is 3.62. The minimum Gasteiger partial charge on any atom is -0.306 e. The maximum Gasteiger partial charge on any atom is 0.107 e. The molecule has 0 bridgehead atoms. The molecule has 0 spiro atoms. The summed E-state index contributed by atoms with van der Waals surface area (Å²) in [7, 11) is 2.34. The van der Waals surface area contributed by atoms with E-state index >= 15 is 0 Å². The minimum absolute atomic E-state index is 0.447. The van der Waals surface area contributed by atoms with Crippen LogP contribution < -0.4 is 5.32 Å². The molecule has 1 nitrogen and oxygen atoms in total. The molecule has 1 aliphatic heterocycles. The van der Waals surface area contributed by atoms with Gasteiger partial charge in [0.05, 0.1) is 0 Å². The third kappa shape index (κ3) is 4.29. The van der Waals surface area contributed by atoms with Crippen LogP contribution >= 0.6 is 0 Å². The van der Waals surface area contributed by atoms with Gasteiger partial charge in [-0.3, -0.25) is 0 Å². The fourth-order valence-electron chi connectivity index (χ4n) is 3.62. The quantitative estimate of drug-likeness (QED) is 0.488. The van der Waals surface area contributed by atoms with Gasteiger partial charge in [-0.05, 0) is 25.2 Å². The molecule has 1 N–H and O–H groups in total. The molecule has 106 valence electrons. The van der Waals surface area contributed by atoms with Gasteiger partial charge in [0, 0.05) is 11.6 Å². The summed E-state index contributed by atoms with van der Waals surface area (Å²) in [5.41, 5.74) is 0.447. The van der Waals surface area contributed by atoms with Crippen molar-refractivity contribution >= 4 is 7.85 Å². The van der Waals surface area contributed by atoms with E-state index in [2.05, 4.69) is 47.8 Å². The highest BCUT2D eigenvalue weighted by atomic mass is 15.2. The number of nitrogens with one attached hydrogen (secondary N) is 1. The van der Waals surface area contributed by atoms with Crippen LogP contribution in [0.25, 0.3) is 0 Å². The van der Waals surface area contributed by atoms with Crippen LogP contribution in [0.15, 0.2) is 0 Å². The van der Waals surface area contributed by atoms with Crippen LogP contribution in [0.2, 0.25) is 5.82 Å². The van der Waals surface area contributed by atoms with Crippen molar-refractivity contribution < 1.29 is 0 Å². The molecule has 4 atom stereocenters. The predicted octanol–water partition coefficient (Wildman–Crippen LogP) is 3.79. The van der Waals surface area contributed by atoms with Gasteiger partial charge in [0.2, 0.25) is 0 Å². The zero-order chi connectivity index (χ0) is 13.8. The highest BCUT2D eigenvalue weighted by Crippen LogP contribution is 2.40. The van der Waals surface area contributed by atoms with Crippen molar-refractivity contribution in [3.05, 3.63) is 0 Å². The lowest BCUT2D eigenvalue weighted by molar-refractivity contribution is 0.330. The lowest BCUT2D eigenvalue weighted by atomic mass is 9.78. The van der Waals surface area contributed by atoms with Crippen molar-refractivity contribution in [2.75, 3.05) is 0 Å². The third-order valence-corrected chi connectivity index (χ3v) is 5.18. The molecule has 0 saturated carbocycles. The fraction of sp³-hybridized carbons (Fsp3) is 1.00. The monoisotopic (exact) mass is 251 g/mol. The lowest BCUT2D eigenvalue weighted by Gasteiger charge is -2.22. The second-order valence-electron chi connectivity index (χ2n) is 7.02. The Labute approximate surface area is 116 Å². The van der Waals surface area contributed by atoms with Crippen LogP contribution in [0.4, 0.5) is 0 Å². The van der Waals surface area contributed by atoms with Crippen LogP contribution in [0, 0.1) is 11.8 Å².